The summed E-state index contributed by atoms with van der Waals surface area (Å²) in [5.74, 6) is 1.43. The number of carbonyl (C=O) groups excluding carboxylic acids is 3. The highest BCUT2D eigenvalue weighted by Crippen LogP contribution is 2.33. The van der Waals surface area contributed by atoms with Crippen LogP contribution in [0.3, 0.4) is 0 Å². The zero-order valence-electron chi connectivity index (χ0n) is 16.8. The van der Waals surface area contributed by atoms with E-state index >= 15 is 0 Å². The van der Waals surface area contributed by atoms with Crippen molar-refractivity contribution < 1.29 is 23.9 Å². The van der Waals surface area contributed by atoms with Crippen LogP contribution in [0, 0.1) is 0 Å². The van der Waals surface area contributed by atoms with E-state index in [0.717, 1.165) is 25.0 Å². The van der Waals surface area contributed by atoms with Crippen molar-refractivity contribution in [3.8, 4) is 0 Å². The van der Waals surface area contributed by atoms with Crippen LogP contribution in [0.1, 0.15) is 38.5 Å². The first kappa shape index (κ1) is 24.3. The number of ketones is 1. The molecule has 1 unspecified atom stereocenters. The highest BCUT2D eigenvalue weighted by molar-refractivity contribution is 8.00. The topological polar surface area (TPSA) is 106 Å². The fourth-order valence-corrected chi connectivity index (χ4v) is 5.10. The Morgan fingerprint density at radius 1 is 1.07 bits per heavy atom. The largest absolute Gasteiger partial charge is 0.379 e. The second kappa shape index (κ2) is 14.1. The maximum absolute atomic E-state index is 11.9. The second-order valence-electron chi connectivity index (χ2n) is 7.24. The molecular weight excluding hydrogens is 414 g/mol. The Hall–Kier alpha value is -0.970. The lowest BCUT2D eigenvalue weighted by atomic mass is 10.0. The van der Waals surface area contributed by atoms with Gasteiger partial charge in [0.1, 0.15) is 5.78 Å². The number of thioether (sulfide) groups is 1. The molecule has 2 rings (SSSR count). The number of amides is 3. The maximum atomic E-state index is 11.9. The molecule has 8 nitrogen and oxygen atoms in total. The van der Waals surface area contributed by atoms with E-state index in [0.29, 0.717) is 57.5 Å². The first-order valence-electron chi connectivity index (χ1n) is 10.3. The number of fused-ring (bicyclic) bond motifs is 1. The van der Waals surface area contributed by atoms with Gasteiger partial charge in [-0.05, 0) is 19.3 Å². The van der Waals surface area contributed by atoms with Crippen molar-refractivity contribution in [3.05, 3.63) is 0 Å². The van der Waals surface area contributed by atoms with Crippen LogP contribution in [0.25, 0.3) is 0 Å². The monoisotopic (exact) mass is 447 g/mol. The number of Topliss-reactive ketones (excluding diaryl/α,β-unsaturated/α-hetero) is 1. The molecule has 0 bridgehead atoms. The number of rotatable bonds is 16. The molecule has 3 amide bonds. The smallest absolute Gasteiger partial charge is 0.315 e. The van der Waals surface area contributed by atoms with E-state index in [2.05, 4.69) is 28.6 Å². The van der Waals surface area contributed by atoms with E-state index in [4.69, 9.17) is 9.47 Å². The van der Waals surface area contributed by atoms with E-state index in [1.165, 1.54) is 0 Å². The van der Waals surface area contributed by atoms with Gasteiger partial charge in [-0.15, -0.1) is 0 Å². The average molecular weight is 448 g/mol. The Bertz CT molecular complexity index is 538. The number of thiol groups is 1. The third kappa shape index (κ3) is 9.59. The van der Waals surface area contributed by atoms with Gasteiger partial charge in [0.15, 0.2) is 0 Å². The Kier molecular flexibility index (Phi) is 11.8. The van der Waals surface area contributed by atoms with Crippen LogP contribution in [-0.4, -0.2) is 79.5 Å². The van der Waals surface area contributed by atoms with E-state index in [-0.39, 0.29) is 35.6 Å². The fourth-order valence-electron chi connectivity index (χ4n) is 3.40. The van der Waals surface area contributed by atoms with Gasteiger partial charge in [-0.25, -0.2) is 4.79 Å². The molecule has 2 heterocycles. The summed E-state index contributed by atoms with van der Waals surface area (Å²) in [5.41, 5.74) is 0. The van der Waals surface area contributed by atoms with Crippen molar-refractivity contribution in [1.82, 2.24) is 16.0 Å². The predicted molar refractivity (Wildman–Crippen MR) is 117 cm³/mol. The number of ether oxygens (including phenoxy) is 2. The van der Waals surface area contributed by atoms with Gasteiger partial charge in [0, 0.05) is 42.7 Å². The Balaban J connectivity index is 1.35. The summed E-state index contributed by atoms with van der Waals surface area (Å²) < 4.78 is 10.8. The lowest BCUT2D eigenvalue weighted by Gasteiger charge is -2.16. The van der Waals surface area contributed by atoms with Crippen LogP contribution in [0.5, 0.6) is 0 Å². The van der Waals surface area contributed by atoms with Gasteiger partial charge in [-0.1, -0.05) is 6.42 Å². The van der Waals surface area contributed by atoms with Gasteiger partial charge in [-0.3, -0.25) is 9.59 Å². The first-order chi connectivity index (χ1) is 14.1. The molecule has 0 saturated carbocycles. The lowest BCUT2D eigenvalue weighted by Crippen LogP contribution is -2.36. The van der Waals surface area contributed by atoms with Crippen molar-refractivity contribution in [2.75, 3.05) is 44.5 Å². The van der Waals surface area contributed by atoms with Crippen molar-refractivity contribution in [2.24, 2.45) is 0 Å². The molecule has 2 aliphatic heterocycles. The summed E-state index contributed by atoms with van der Waals surface area (Å²) in [7, 11) is 0. The zero-order valence-corrected chi connectivity index (χ0v) is 18.5. The molecule has 0 aliphatic carbocycles. The van der Waals surface area contributed by atoms with Gasteiger partial charge in [0.2, 0.25) is 5.91 Å². The number of hydrogen-bond acceptors (Lipinski definition) is 7. The Labute approximate surface area is 182 Å². The molecule has 2 fully saturated rings. The third-order valence-corrected chi connectivity index (χ3v) is 6.80. The van der Waals surface area contributed by atoms with Gasteiger partial charge in [0.05, 0.1) is 31.9 Å². The first-order valence-corrected chi connectivity index (χ1v) is 12.0. The number of nitrogens with one attached hydrogen (secondary N) is 3. The molecule has 3 N–H and O–H groups in total. The van der Waals surface area contributed by atoms with Gasteiger partial charge >= 0.3 is 6.03 Å². The van der Waals surface area contributed by atoms with E-state index in [9.17, 15) is 14.4 Å². The Morgan fingerprint density at radius 3 is 2.66 bits per heavy atom. The van der Waals surface area contributed by atoms with Gasteiger partial charge in [0.25, 0.3) is 0 Å². The molecule has 0 spiro atoms. The molecule has 29 heavy (non-hydrogen) atoms. The van der Waals surface area contributed by atoms with Crippen LogP contribution in [0.15, 0.2) is 0 Å². The molecule has 2 aliphatic rings. The summed E-state index contributed by atoms with van der Waals surface area (Å²) in [6.45, 7) is 2.46. The molecule has 0 aromatic carbocycles. The molecule has 2 saturated heterocycles. The van der Waals surface area contributed by atoms with Crippen LogP contribution < -0.4 is 16.0 Å². The highest BCUT2D eigenvalue weighted by atomic mass is 32.2. The lowest BCUT2D eigenvalue weighted by molar-refractivity contribution is -0.121. The van der Waals surface area contributed by atoms with E-state index in [1.807, 2.05) is 11.8 Å². The molecule has 0 aromatic heterocycles. The van der Waals surface area contributed by atoms with Crippen LogP contribution >= 0.6 is 24.4 Å². The quantitative estimate of drug-likeness (QED) is 0.161. The predicted octanol–water partition coefficient (Wildman–Crippen LogP) is 1.14. The van der Waals surface area contributed by atoms with Crippen molar-refractivity contribution in [2.45, 2.75) is 55.9 Å². The van der Waals surface area contributed by atoms with Crippen LogP contribution in [-0.2, 0) is 19.1 Å². The van der Waals surface area contributed by atoms with E-state index < -0.39 is 0 Å². The molecule has 0 aromatic rings. The van der Waals surface area contributed by atoms with Crippen molar-refractivity contribution >= 4 is 42.1 Å². The number of unbranched alkanes of at least 4 members (excludes halogenated alkanes) is 1. The number of hydrogen-bond donors (Lipinski definition) is 4. The van der Waals surface area contributed by atoms with Crippen LogP contribution in [0.2, 0.25) is 0 Å². The summed E-state index contributed by atoms with van der Waals surface area (Å²) in [6.07, 6.45) is 4.59. The molecule has 10 heteroatoms. The summed E-state index contributed by atoms with van der Waals surface area (Å²) in [4.78, 5) is 34.3. The Morgan fingerprint density at radius 2 is 1.86 bits per heavy atom. The normalized spacial score (nSPS) is 22.8. The van der Waals surface area contributed by atoms with Crippen molar-refractivity contribution in [3.63, 3.8) is 0 Å². The zero-order chi connectivity index (χ0) is 20.9. The minimum Gasteiger partial charge on any atom is -0.379 e. The number of urea groups is 1. The summed E-state index contributed by atoms with van der Waals surface area (Å²) in [5, 5.41) is 9.24. The number of carbonyl (C=O) groups is 3. The van der Waals surface area contributed by atoms with Crippen LogP contribution in [0.4, 0.5) is 4.79 Å². The minimum absolute atomic E-state index is 0.0477. The highest BCUT2D eigenvalue weighted by Gasteiger charge is 2.42. The standard InChI is InChI=1S/C19H33N3O5S2/c23-14(12-28)4-3-8-26-10-11-27-9-7-20-17(24)6-2-1-5-16-18-15(13-29-16)21-19(25)22-18/h15-16,18,28H,1-13H2,(H,20,24)(H2,21,22,25)/t15-,16?,18-/m0/s1. The van der Waals surface area contributed by atoms with Gasteiger partial charge in [-0.2, -0.15) is 24.4 Å². The van der Waals surface area contributed by atoms with E-state index in [1.54, 1.807) is 0 Å². The summed E-state index contributed by atoms with van der Waals surface area (Å²) >= 11 is 5.82. The third-order valence-electron chi connectivity index (χ3n) is 4.94. The summed E-state index contributed by atoms with van der Waals surface area (Å²) in [6, 6.07) is 0.436. The molecule has 166 valence electrons. The fraction of sp³-hybridized carbons (Fsp3) is 0.842. The SMILES string of the molecule is O=C(CS)CCCOCCOCCNC(=O)CCCCC1SC[C@@H]2NC(=O)N[C@H]12. The maximum Gasteiger partial charge on any atom is 0.315 e. The van der Waals surface area contributed by atoms with Gasteiger partial charge < -0.3 is 25.4 Å². The second-order valence-corrected chi connectivity index (χ2v) is 8.83. The molecular formula is C19H33N3O5S2. The molecule has 3 atom stereocenters. The average Bonchev–Trinajstić information content (AvgIpc) is 3.25. The minimum atomic E-state index is -0.0563. The molecule has 0 radical (unpaired) electrons. The van der Waals surface area contributed by atoms with Crippen molar-refractivity contribution in [1.29, 1.82) is 0 Å².